The zero-order valence-corrected chi connectivity index (χ0v) is 6.73. The molecule has 11 heavy (non-hydrogen) atoms. The molecule has 5 heteroatoms. The number of halogens is 1. The second-order valence-corrected chi connectivity index (χ2v) is 4.82. The van der Waals surface area contributed by atoms with Crippen molar-refractivity contribution in [2.45, 2.75) is 18.4 Å². The van der Waals surface area contributed by atoms with Crippen LogP contribution in [0.2, 0.25) is 0 Å². The molecule has 3 aliphatic rings. The van der Waals surface area contributed by atoms with Gasteiger partial charge in [-0.2, -0.15) is 8.42 Å². The molecule has 0 aromatic rings. The number of rotatable bonds is 2. The molecule has 3 nitrogen and oxygen atoms in total. The van der Waals surface area contributed by atoms with Gasteiger partial charge in [0.2, 0.25) is 0 Å². The van der Waals surface area contributed by atoms with Crippen molar-refractivity contribution >= 4 is 10.2 Å². The Morgan fingerprint density at radius 3 is 2.55 bits per heavy atom. The van der Waals surface area contributed by atoms with Crippen LogP contribution < -0.4 is 0 Å². The molecule has 0 atom stereocenters. The molecule has 2 saturated heterocycles. The average molecular weight is 180 g/mol. The first-order valence-electron chi connectivity index (χ1n) is 3.55. The third kappa shape index (κ3) is 1.27. The minimum atomic E-state index is -4.35. The molecule has 0 aromatic heterocycles. The van der Waals surface area contributed by atoms with E-state index in [1.807, 2.05) is 0 Å². The molecule has 0 aromatic carbocycles. The molecule has 0 amide bonds. The predicted molar refractivity (Wildman–Crippen MR) is 36.3 cm³/mol. The molecule has 2 bridgehead atoms. The largest absolute Gasteiger partial charge is 0.374 e. The Balaban J connectivity index is 2.07. The second kappa shape index (κ2) is 1.95. The van der Waals surface area contributed by atoms with Crippen LogP contribution in [0.1, 0.15) is 12.8 Å². The fraction of sp³-hybridized carbons (Fsp3) is 1.00. The third-order valence-electron chi connectivity index (χ3n) is 2.38. The van der Waals surface area contributed by atoms with Crippen LogP contribution in [0.3, 0.4) is 0 Å². The van der Waals surface area contributed by atoms with E-state index in [1.165, 1.54) is 0 Å². The summed E-state index contributed by atoms with van der Waals surface area (Å²) in [6.07, 6.45) is 1.44. The lowest BCUT2D eigenvalue weighted by Gasteiger charge is -2.33. The lowest BCUT2D eigenvalue weighted by atomic mass is 9.76. The van der Waals surface area contributed by atoms with Crippen molar-refractivity contribution in [3.63, 3.8) is 0 Å². The van der Waals surface area contributed by atoms with E-state index < -0.39 is 21.6 Å². The number of hydrogen-bond donors (Lipinski definition) is 0. The van der Waals surface area contributed by atoms with Crippen molar-refractivity contribution in [1.29, 1.82) is 0 Å². The zero-order chi connectivity index (χ0) is 8.11. The Morgan fingerprint density at radius 2 is 2.18 bits per heavy atom. The summed E-state index contributed by atoms with van der Waals surface area (Å²) in [6.45, 7) is 0.607. The van der Waals surface area contributed by atoms with Crippen LogP contribution in [0.25, 0.3) is 0 Å². The van der Waals surface area contributed by atoms with Gasteiger partial charge in [0, 0.05) is 0 Å². The monoisotopic (exact) mass is 180 g/mol. The molecule has 64 valence electrons. The lowest BCUT2D eigenvalue weighted by Crippen LogP contribution is -2.42. The van der Waals surface area contributed by atoms with E-state index >= 15 is 0 Å². The Bertz CT molecular complexity index is 260. The molecule has 0 spiro atoms. The van der Waals surface area contributed by atoms with E-state index in [0.29, 0.717) is 12.5 Å². The molecular formula is C6H9FO3S. The minimum Gasteiger partial charge on any atom is -0.374 e. The van der Waals surface area contributed by atoms with Crippen LogP contribution in [0.15, 0.2) is 0 Å². The summed E-state index contributed by atoms with van der Waals surface area (Å²) in [5, 5.41) is 0. The highest BCUT2D eigenvalue weighted by molar-refractivity contribution is 7.86. The van der Waals surface area contributed by atoms with Gasteiger partial charge in [0.15, 0.2) is 0 Å². The van der Waals surface area contributed by atoms with Crippen molar-refractivity contribution in [2.75, 3.05) is 12.4 Å². The number of ether oxygens (including phenoxy) is 1. The molecule has 3 rings (SSSR count). The van der Waals surface area contributed by atoms with E-state index in [2.05, 4.69) is 0 Å². The summed E-state index contributed by atoms with van der Waals surface area (Å²) in [5.74, 6) is 0.0352. The van der Waals surface area contributed by atoms with Crippen LogP contribution in [-0.2, 0) is 15.0 Å². The third-order valence-corrected chi connectivity index (χ3v) is 3.25. The summed E-state index contributed by atoms with van der Waals surface area (Å²) in [6, 6.07) is 0. The SMILES string of the molecule is O=S(=O)(F)CC12CC(CO1)C2. The Kier molecular flexibility index (Phi) is 1.33. The maximum Gasteiger partial charge on any atom is 0.305 e. The van der Waals surface area contributed by atoms with Crippen LogP contribution in [-0.4, -0.2) is 26.4 Å². The minimum absolute atomic E-state index is 0.448. The maximum atomic E-state index is 12.2. The lowest BCUT2D eigenvalue weighted by molar-refractivity contribution is 0.0228. The van der Waals surface area contributed by atoms with Gasteiger partial charge in [-0.05, 0) is 18.8 Å². The van der Waals surface area contributed by atoms with E-state index in [9.17, 15) is 12.3 Å². The van der Waals surface area contributed by atoms with Crippen LogP contribution in [0.5, 0.6) is 0 Å². The highest BCUT2D eigenvalue weighted by Crippen LogP contribution is 2.48. The topological polar surface area (TPSA) is 43.4 Å². The zero-order valence-electron chi connectivity index (χ0n) is 5.92. The fourth-order valence-electron chi connectivity index (χ4n) is 2.00. The van der Waals surface area contributed by atoms with Gasteiger partial charge in [-0.1, -0.05) is 0 Å². The smallest absolute Gasteiger partial charge is 0.305 e. The standard InChI is InChI=1S/C6H9FO3S/c7-11(8,9)4-6-1-5(2-6)3-10-6/h5H,1-4H2. The van der Waals surface area contributed by atoms with Crippen molar-refractivity contribution in [3.05, 3.63) is 0 Å². The Hall–Kier alpha value is -0.160. The Labute approximate surface area is 64.8 Å². The highest BCUT2D eigenvalue weighted by atomic mass is 32.3. The summed E-state index contributed by atoms with van der Waals surface area (Å²) in [5.41, 5.74) is -0.641. The second-order valence-electron chi connectivity index (χ2n) is 3.45. The summed E-state index contributed by atoms with van der Waals surface area (Å²) in [4.78, 5) is 0. The molecule has 0 N–H and O–H groups in total. The fourth-order valence-corrected chi connectivity index (χ4v) is 2.94. The highest BCUT2D eigenvalue weighted by Gasteiger charge is 2.54. The van der Waals surface area contributed by atoms with Gasteiger partial charge in [-0.25, -0.2) is 0 Å². The van der Waals surface area contributed by atoms with E-state index in [1.54, 1.807) is 0 Å². The van der Waals surface area contributed by atoms with E-state index in [4.69, 9.17) is 4.74 Å². The quantitative estimate of drug-likeness (QED) is 0.580. The first-order valence-corrected chi connectivity index (χ1v) is 5.11. The molecule has 3 fully saturated rings. The van der Waals surface area contributed by atoms with E-state index in [0.717, 1.165) is 12.8 Å². The molecular weight excluding hydrogens is 171 g/mol. The summed E-state index contributed by atoms with van der Waals surface area (Å²) >= 11 is 0. The van der Waals surface area contributed by atoms with E-state index in [-0.39, 0.29) is 0 Å². The van der Waals surface area contributed by atoms with Gasteiger partial charge in [0.1, 0.15) is 5.75 Å². The normalized spacial score (nSPS) is 42.1. The maximum absolute atomic E-state index is 12.2. The van der Waals surface area contributed by atoms with Gasteiger partial charge in [0.05, 0.1) is 12.2 Å². The molecule has 1 aliphatic carbocycles. The van der Waals surface area contributed by atoms with Crippen LogP contribution in [0.4, 0.5) is 3.89 Å². The van der Waals surface area contributed by atoms with Crippen molar-refractivity contribution < 1.29 is 17.0 Å². The molecule has 0 unspecified atom stereocenters. The molecule has 2 aliphatic heterocycles. The molecule has 2 heterocycles. The van der Waals surface area contributed by atoms with Crippen molar-refractivity contribution in [3.8, 4) is 0 Å². The molecule has 0 radical (unpaired) electrons. The van der Waals surface area contributed by atoms with Crippen molar-refractivity contribution in [1.82, 2.24) is 0 Å². The average Bonchev–Trinajstić information content (AvgIpc) is 2.15. The predicted octanol–water partition coefficient (Wildman–Crippen LogP) is 0.465. The number of fused-ring (bicyclic) bond motifs is 1. The first kappa shape index (κ1) is 7.49. The van der Waals surface area contributed by atoms with Gasteiger partial charge in [-0.15, -0.1) is 3.89 Å². The van der Waals surface area contributed by atoms with Crippen LogP contribution in [0, 0.1) is 5.92 Å². The molecule has 1 saturated carbocycles. The van der Waals surface area contributed by atoms with Crippen molar-refractivity contribution in [2.24, 2.45) is 5.92 Å². The van der Waals surface area contributed by atoms with Gasteiger partial charge >= 0.3 is 10.2 Å². The van der Waals surface area contributed by atoms with Gasteiger partial charge < -0.3 is 4.74 Å². The first-order chi connectivity index (χ1) is 4.99. The summed E-state index contributed by atoms with van der Waals surface area (Å²) < 4.78 is 37.9. The number of hydrogen-bond acceptors (Lipinski definition) is 3. The van der Waals surface area contributed by atoms with Gasteiger partial charge in [-0.3, -0.25) is 0 Å². The Morgan fingerprint density at radius 1 is 1.55 bits per heavy atom. The summed E-state index contributed by atoms with van der Waals surface area (Å²) in [7, 11) is -4.35. The van der Waals surface area contributed by atoms with Gasteiger partial charge in [0.25, 0.3) is 0 Å². The van der Waals surface area contributed by atoms with Crippen LogP contribution >= 0.6 is 0 Å².